The third-order valence-corrected chi connectivity index (χ3v) is 3.43. The van der Waals surface area contributed by atoms with E-state index in [0.717, 1.165) is 5.76 Å². The summed E-state index contributed by atoms with van der Waals surface area (Å²) in [6, 6.07) is 3.00. The maximum Gasteiger partial charge on any atom is 0.315 e. The fourth-order valence-corrected chi connectivity index (χ4v) is 1.87. The van der Waals surface area contributed by atoms with E-state index in [9.17, 15) is 9.59 Å². The highest BCUT2D eigenvalue weighted by molar-refractivity contribution is 5.80. The van der Waals surface area contributed by atoms with Gasteiger partial charge in [-0.2, -0.15) is 0 Å². The van der Waals surface area contributed by atoms with Gasteiger partial charge in [-0.25, -0.2) is 4.79 Å². The molecule has 1 aromatic rings. The van der Waals surface area contributed by atoms with Gasteiger partial charge >= 0.3 is 12.0 Å². The second-order valence-corrected chi connectivity index (χ2v) is 5.08. The molecular weight excluding hydrogens is 248 g/mol. The Morgan fingerprint density at radius 2 is 2.16 bits per heavy atom. The summed E-state index contributed by atoms with van der Waals surface area (Å²) in [5.74, 6) is 0.612. The van der Waals surface area contributed by atoms with E-state index in [1.807, 2.05) is 19.9 Å². The number of hydrogen-bond acceptors (Lipinski definition) is 3. The van der Waals surface area contributed by atoms with Crippen LogP contribution in [-0.4, -0.2) is 23.7 Å². The van der Waals surface area contributed by atoms with Crippen molar-refractivity contribution in [2.75, 3.05) is 6.54 Å². The first kappa shape index (κ1) is 13.5. The van der Waals surface area contributed by atoms with Gasteiger partial charge in [-0.05, 0) is 38.8 Å². The SMILES string of the molecule is Cc1ccc(C(C)NC(=O)NCC2(C(=O)O)CC2)o1. The van der Waals surface area contributed by atoms with Gasteiger partial charge in [0.1, 0.15) is 11.5 Å². The van der Waals surface area contributed by atoms with Crippen molar-refractivity contribution in [2.45, 2.75) is 32.7 Å². The minimum atomic E-state index is -0.845. The first-order valence-corrected chi connectivity index (χ1v) is 6.27. The van der Waals surface area contributed by atoms with Crippen LogP contribution in [0.25, 0.3) is 0 Å². The number of nitrogens with one attached hydrogen (secondary N) is 2. The molecule has 1 atom stereocenters. The Kier molecular flexibility index (Phi) is 3.50. The molecule has 6 heteroatoms. The highest BCUT2D eigenvalue weighted by Crippen LogP contribution is 2.45. The van der Waals surface area contributed by atoms with Gasteiger partial charge in [0, 0.05) is 6.54 Å². The summed E-state index contributed by atoms with van der Waals surface area (Å²) < 4.78 is 5.41. The fourth-order valence-electron chi connectivity index (χ4n) is 1.87. The summed E-state index contributed by atoms with van der Waals surface area (Å²) in [7, 11) is 0. The number of aryl methyl sites for hydroxylation is 1. The zero-order valence-electron chi connectivity index (χ0n) is 11.0. The van der Waals surface area contributed by atoms with Gasteiger partial charge in [0.15, 0.2) is 0 Å². The molecule has 0 saturated heterocycles. The summed E-state index contributed by atoms with van der Waals surface area (Å²) in [5.41, 5.74) is -0.748. The Morgan fingerprint density at radius 3 is 2.63 bits per heavy atom. The monoisotopic (exact) mass is 266 g/mol. The van der Waals surface area contributed by atoms with Gasteiger partial charge in [-0.15, -0.1) is 0 Å². The predicted molar refractivity (Wildman–Crippen MR) is 67.7 cm³/mol. The largest absolute Gasteiger partial charge is 0.481 e. The molecule has 3 N–H and O–H groups in total. The molecule has 1 aliphatic rings. The van der Waals surface area contributed by atoms with E-state index in [-0.39, 0.29) is 18.6 Å². The van der Waals surface area contributed by atoms with Gasteiger partial charge in [0.25, 0.3) is 0 Å². The predicted octanol–water partition coefficient (Wildman–Crippen LogP) is 1.81. The van der Waals surface area contributed by atoms with Gasteiger partial charge in [0.05, 0.1) is 11.5 Å². The smallest absolute Gasteiger partial charge is 0.315 e. The number of amides is 2. The van der Waals surface area contributed by atoms with E-state index in [2.05, 4.69) is 10.6 Å². The second kappa shape index (κ2) is 4.95. The Balaban J connectivity index is 1.80. The highest BCUT2D eigenvalue weighted by Gasteiger charge is 2.50. The molecule has 2 rings (SSSR count). The Labute approximate surface area is 111 Å². The van der Waals surface area contributed by atoms with Crippen LogP contribution in [0, 0.1) is 12.3 Å². The summed E-state index contributed by atoms with van der Waals surface area (Å²) >= 11 is 0. The van der Waals surface area contributed by atoms with Gasteiger partial charge < -0.3 is 20.2 Å². The number of carboxylic acids is 1. The molecule has 19 heavy (non-hydrogen) atoms. The van der Waals surface area contributed by atoms with Crippen molar-refractivity contribution in [3.63, 3.8) is 0 Å². The average molecular weight is 266 g/mol. The maximum absolute atomic E-state index is 11.7. The second-order valence-electron chi connectivity index (χ2n) is 5.08. The van der Waals surface area contributed by atoms with Crippen molar-refractivity contribution >= 4 is 12.0 Å². The molecule has 0 aromatic carbocycles. The Hall–Kier alpha value is -1.98. The number of furan rings is 1. The lowest BCUT2D eigenvalue weighted by Gasteiger charge is -2.15. The number of hydrogen-bond donors (Lipinski definition) is 3. The first-order valence-electron chi connectivity index (χ1n) is 6.27. The van der Waals surface area contributed by atoms with Crippen LogP contribution in [0.2, 0.25) is 0 Å². The van der Waals surface area contributed by atoms with E-state index in [4.69, 9.17) is 9.52 Å². The van der Waals surface area contributed by atoms with Crippen molar-refractivity contribution in [2.24, 2.45) is 5.41 Å². The quantitative estimate of drug-likeness (QED) is 0.758. The zero-order chi connectivity index (χ0) is 14.0. The third-order valence-electron chi connectivity index (χ3n) is 3.43. The molecule has 0 radical (unpaired) electrons. The first-order chi connectivity index (χ1) is 8.93. The standard InChI is InChI=1S/C13H18N2O4/c1-8-3-4-10(19-8)9(2)15-12(18)14-7-13(5-6-13)11(16)17/h3-4,9H,5-7H2,1-2H3,(H,16,17)(H2,14,15,18). The molecule has 6 nitrogen and oxygen atoms in total. The van der Waals surface area contributed by atoms with Crippen LogP contribution >= 0.6 is 0 Å². The maximum atomic E-state index is 11.7. The summed E-state index contributed by atoms with van der Waals surface area (Å²) in [6.07, 6.45) is 1.24. The Bertz CT molecular complexity index is 491. The molecule has 1 heterocycles. The topological polar surface area (TPSA) is 91.6 Å². The summed E-state index contributed by atoms with van der Waals surface area (Å²) in [4.78, 5) is 22.6. The molecule has 1 fully saturated rings. The molecule has 1 unspecified atom stereocenters. The number of carboxylic acid groups (broad SMARTS) is 1. The fraction of sp³-hybridized carbons (Fsp3) is 0.538. The molecule has 1 aliphatic carbocycles. The molecule has 0 spiro atoms. The van der Waals surface area contributed by atoms with E-state index >= 15 is 0 Å². The van der Waals surface area contributed by atoms with E-state index in [1.165, 1.54) is 0 Å². The van der Waals surface area contributed by atoms with E-state index in [0.29, 0.717) is 18.6 Å². The van der Waals surface area contributed by atoms with Crippen LogP contribution in [0.15, 0.2) is 16.5 Å². The summed E-state index contributed by atoms with van der Waals surface area (Å²) in [5, 5.41) is 14.3. The average Bonchev–Trinajstić information content (AvgIpc) is 3.02. The highest BCUT2D eigenvalue weighted by atomic mass is 16.4. The van der Waals surface area contributed by atoms with Crippen LogP contribution in [0.4, 0.5) is 4.79 Å². The number of aliphatic carboxylic acids is 1. The Morgan fingerprint density at radius 1 is 1.47 bits per heavy atom. The minimum absolute atomic E-state index is 0.165. The van der Waals surface area contributed by atoms with Gasteiger partial charge in [-0.1, -0.05) is 0 Å². The van der Waals surface area contributed by atoms with Crippen LogP contribution in [-0.2, 0) is 4.79 Å². The van der Waals surface area contributed by atoms with Crippen molar-refractivity contribution in [1.29, 1.82) is 0 Å². The van der Waals surface area contributed by atoms with Crippen molar-refractivity contribution in [3.05, 3.63) is 23.7 Å². The minimum Gasteiger partial charge on any atom is -0.481 e. The lowest BCUT2D eigenvalue weighted by molar-refractivity contribution is -0.143. The van der Waals surface area contributed by atoms with Gasteiger partial charge in [0.2, 0.25) is 0 Å². The zero-order valence-corrected chi connectivity index (χ0v) is 11.0. The molecule has 104 valence electrons. The van der Waals surface area contributed by atoms with Crippen LogP contribution < -0.4 is 10.6 Å². The number of carbonyl (C=O) groups is 2. The number of rotatable bonds is 5. The van der Waals surface area contributed by atoms with Crippen LogP contribution in [0.1, 0.15) is 37.3 Å². The van der Waals surface area contributed by atoms with Crippen LogP contribution in [0.5, 0.6) is 0 Å². The number of urea groups is 1. The molecule has 2 amide bonds. The molecule has 0 bridgehead atoms. The van der Waals surface area contributed by atoms with E-state index < -0.39 is 11.4 Å². The van der Waals surface area contributed by atoms with Crippen molar-refractivity contribution in [3.8, 4) is 0 Å². The normalized spacial score (nSPS) is 17.6. The molecule has 1 aromatic heterocycles. The summed E-state index contributed by atoms with van der Waals surface area (Å²) in [6.45, 7) is 3.81. The van der Waals surface area contributed by atoms with Gasteiger partial charge in [-0.3, -0.25) is 4.79 Å². The molecule has 1 saturated carbocycles. The lowest BCUT2D eigenvalue weighted by atomic mass is 10.1. The van der Waals surface area contributed by atoms with E-state index in [1.54, 1.807) is 6.07 Å². The van der Waals surface area contributed by atoms with Crippen molar-refractivity contribution < 1.29 is 19.1 Å². The molecular formula is C13H18N2O4. The van der Waals surface area contributed by atoms with Crippen molar-refractivity contribution in [1.82, 2.24) is 10.6 Å². The molecule has 0 aliphatic heterocycles. The van der Waals surface area contributed by atoms with Crippen LogP contribution in [0.3, 0.4) is 0 Å². The lowest BCUT2D eigenvalue weighted by Crippen LogP contribution is -2.41. The third kappa shape index (κ3) is 3.07. The number of carbonyl (C=O) groups excluding carboxylic acids is 1.